The van der Waals surface area contributed by atoms with Crippen molar-refractivity contribution >= 4 is 5.91 Å². The van der Waals surface area contributed by atoms with Crippen LogP contribution in [0.15, 0.2) is 0 Å². The van der Waals surface area contributed by atoms with Crippen LogP contribution in [0.3, 0.4) is 0 Å². The average molecular weight is 418 g/mol. The number of carbonyl (C=O) groups excluding carboxylic acids is 1. The molecule has 3 aliphatic heterocycles. The fraction of sp³-hybridized carbons (Fsp3) is 0.958. The molecule has 6 heteroatoms. The summed E-state index contributed by atoms with van der Waals surface area (Å²) in [6, 6.07) is 1.67. The third kappa shape index (κ3) is 4.72. The first-order chi connectivity index (χ1) is 14.7. The zero-order chi connectivity index (χ0) is 20.5. The summed E-state index contributed by atoms with van der Waals surface area (Å²) in [7, 11) is 0. The van der Waals surface area contributed by atoms with E-state index in [1.165, 1.54) is 64.5 Å². The van der Waals surface area contributed by atoms with Crippen LogP contribution in [0.1, 0.15) is 64.7 Å². The van der Waals surface area contributed by atoms with Crippen LogP contribution in [0, 0.1) is 29.6 Å². The van der Waals surface area contributed by atoms with Gasteiger partial charge in [-0.3, -0.25) is 10.2 Å². The maximum absolute atomic E-state index is 11.5. The van der Waals surface area contributed by atoms with Crippen molar-refractivity contribution in [3.8, 4) is 0 Å². The predicted octanol–water partition coefficient (Wildman–Crippen LogP) is 1.87. The Hall–Kier alpha value is -0.690. The number of nitrogens with zero attached hydrogens (tertiary/aromatic N) is 1. The molecule has 3 saturated heterocycles. The number of hydrogen-bond donors (Lipinski definition) is 4. The van der Waals surface area contributed by atoms with E-state index in [0.717, 1.165) is 55.8 Å². The minimum atomic E-state index is 0.112. The highest BCUT2D eigenvalue weighted by Gasteiger charge is 2.47. The van der Waals surface area contributed by atoms with Gasteiger partial charge in [-0.2, -0.15) is 0 Å². The summed E-state index contributed by atoms with van der Waals surface area (Å²) < 4.78 is 0. The summed E-state index contributed by atoms with van der Waals surface area (Å²) in [4.78, 5) is 11.5. The third-order valence-electron chi connectivity index (χ3n) is 9.05. The van der Waals surface area contributed by atoms with Crippen LogP contribution < -0.4 is 21.4 Å². The van der Waals surface area contributed by atoms with Gasteiger partial charge in [-0.1, -0.05) is 19.3 Å². The topological polar surface area (TPSA) is 68.4 Å². The van der Waals surface area contributed by atoms with E-state index in [9.17, 15) is 4.79 Å². The lowest BCUT2D eigenvalue weighted by atomic mass is 9.64. The van der Waals surface area contributed by atoms with Crippen LogP contribution in [-0.4, -0.2) is 61.8 Å². The Labute approximate surface area is 182 Å². The predicted molar refractivity (Wildman–Crippen MR) is 120 cm³/mol. The second-order valence-corrected chi connectivity index (χ2v) is 11.1. The minimum Gasteiger partial charge on any atom is -0.352 e. The Bertz CT molecular complexity index is 594. The summed E-state index contributed by atoms with van der Waals surface area (Å²) >= 11 is 0. The van der Waals surface area contributed by atoms with E-state index in [4.69, 9.17) is 0 Å². The van der Waals surface area contributed by atoms with Crippen molar-refractivity contribution in [3.05, 3.63) is 0 Å². The van der Waals surface area contributed by atoms with Crippen molar-refractivity contribution in [1.29, 1.82) is 0 Å². The quantitative estimate of drug-likeness (QED) is 0.562. The molecule has 3 heterocycles. The van der Waals surface area contributed by atoms with Crippen molar-refractivity contribution in [1.82, 2.24) is 26.4 Å². The first-order valence-electron chi connectivity index (χ1n) is 12.9. The van der Waals surface area contributed by atoms with Gasteiger partial charge in [0, 0.05) is 51.2 Å². The van der Waals surface area contributed by atoms with E-state index in [1.54, 1.807) is 6.92 Å². The van der Waals surface area contributed by atoms with E-state index < -0.39 is 0 Å². The molecule has 5 aliphatic rings. The van der Waals surface area contributed by atoms with Gasteiger partial charge in [0.25, 0.3) is 0 Å². The molecule has 0 aromatic heterocycles. The summed E-state index contributed by atoms with van der Waals surface area (Å²) in [5, 5.41) is 13.3. The van der Waals surface area contributed by atoms with Gasteiger partial charge >= 0.3 is 0 Å². The third-order valence-corrected chi connectivity index (χ3v) is 9.05. The van der Waals surface area contributed by atoms with Crippen molar-refractivity contribution in [2.75, 3.05) is 32.7 Å². The molecule has 6 nitrogen and oxygen atoms in total. The number of fused-ring (bicyclic) bond motifs is 3. The van der Waals surface area contributed by atoms with E-state index in [1.807, 2.05) is 0 Å². The Morgan fingerprint density at radius 1 is 0.933 bits per heavy atom. The highest BCUT2D eigenvalue weighted by atomic mass is 16.1. The number of hydrogen-bond acceptors (Lipinski definition) is 5. The molecule has 5 rings (SSSR count). The van der Waals surface area contributed by atoms with Gasteiger partial charge in [-0.25, -0.2) is 5.01 Å². The SMILES string of the molecule is CC(=O)NC1CNCC(C2CCC3NCC4NN(CC5CCCCC5)CC4C3C2)C1. The highest BCUT2D eigenvalue weighted by molar-refractivity contribution is 5.73. The largest absolute Gasteiger partial charge is 0.352 e. The Morgan fingerprint density at radius 2 is 1.80 bits per heavy atom. The van der Waals surface area contributed by atoms with Crippen LogP contribution in [0.25, 0.3) is 0 Å². The Balaban J connectivity index is 1.18. The van der Waals surface area contributed by atoms with E-state index in [2.05, 4.69) is 26.4 Å². The summed E-state index contributed by atoms with van der Waals surface area (Å²) in [5.41, 5.74) is 3.91. The van der Waals surface area contributed by atoms with Crippen LogP contribution in [-0.2, 0) is 4.79 Å². The normalized spacial score (nSPS) is 43.0. The number of hydrazine groups is 1. The van der Waals surface area contributed by atoms with E-state index >= 15 is 0 Å². The summed E-state index contributed by atoms with van der Waals surface area (Å²) in [5.74, 6) is 4.17. The van der Waals surface area contributed by atoms with Crippen molar-refractivity contribution < 1.29 is 4.79 Å². The molecule has 0 aromatic carbocycles. The standard InChI is InChI=1S/C24H43N5O/c1-16(30)27-20-9-19(11-25-12-20)18-7-8-23-21(10-18)22-15-29(28-24(22)13-26-23)14-17-5-3-2-4-6-17/h17-26,28H,2-15H2,1H3,(H,27,30). The van der Waals surface area contributed by atoms with Crippen molar-refractivity contribution in [3.63, 3.8) is 0 Å². The fourth-order valence-electron chi connectivity index (χ4n) is 7.61. The molecule has 4 N–H and O–H groups in total. The van der Waals surface area contributed by atoms with Crippen LogP contribution in [0.2, 0.25) is 0 Å². The van der Waals surface area contributed by atoms with Crippen LogP contribution in [0.4, 0.5) is 0 Å². The van der Waals surface area contributed by atoms with Crippen molar-refractivity contribution in [2.24, 2.45) is 29.6 Å². The maximum atomic E-state index is 11.5. The minimum absolute atomic E-state index is 0.112. The molecule has 0 spiro atoms. The zero-order valence-corrected chi connectivity index (χ0v) is 18.9. The number of rotatable bonds is 4. The first-order valence-corrected chi connectivity index (χ1v) is 12.9. The van der Waals surface area contributed by atoms with Gasteiger partial charge < -0.3 is 16.0 Å². The van der Waals surface area contributed by atoms with Gasteiger partial charge in [-0.15, -0.1) is 0 Å². The molecular formula is C24H43N5O. The second-order valence-electron chi connectivity index (χ2n) is 11.1. The number of piperidine rings is 2. The van der Waals surface area contributed by atoms with Gasteiger partial charge in [0.15, 0.2) is 0 Å². The monoisotopic (exact) mass is 417 g/mol. The lowest BCUT2D eigenvalue weighted by molar-refractivity contribution is -0.119. The lowest BCUT2D eigenvalue weighted by Gasteiger charge is -2.48. The van der Waals surface area contributed by atoms with E-state index in [0.29, 0.717) is 18.0 Å². The molecule has 2 aliphatic carbocycles. The summed E-state index contributed by atoms with van der Waals surface area (Å²) in [6.07, 6.45) is 12.4. The molecule has 0 bridgehead atoms. The van der Waals surface area contributed by atoms with E-state index in [-0.39, 0.29) is 5.91 Å². The molecule has 30 heavy (non-hydrogen) atoms. The number of carbonyl (C=O) groups is 1. The van der Waals surface area contributed by atoms with Crippen molar-refractivity contribution in [2.45, 2.75) is 82.8 Å². The summed E-state index contributed by atoms with van der Waals surface area (Å²) in [6.45, 7) is 7.38. The zero-order valence-electron chi connectivity index (χ0n) is 18.9. The van der Waals surface area contributed by atoms with Gasteiger partial charge in [0.2, 0.25) is 5.91 Å². The highest BCUT2D eigenvalue weighted by Crippen LogP contribution is 2.43. The number of nitrogens with one attached hydrogen (secondary N) is 4. The lowest BCUT2D eigenvalue weighted by Crippen LogP contribution is -2.58. The smallest absolute Gasteiger partial charge is 0.217 e. The molecule has 7 atom stereocenters. The van der Waals surface area contributed by atoms with Gasteiger partial charge in [-0.05, 0) is 74.7 Å². The Kier molecular flexibility index (Phi) is 6.66. The first kappa shape index (κ1) is 21.2. The molecule has 0 aromatic rings. The van der Waals surface area contributed by atoms with Crippen LogP contribution >= 0.6 is 0 Å². The molecule has 1 amide bonds. The maximum Gasteiger partial charge on any atom is 0.217 e. The Morgan fingerprint density at radius 3 is 2.63 bits per heavy atom. The molecule has 170 valence electrons. The molecule has 0 radical (unpaired) electrons. The molecule has 7 unspecified atom stereocenters. The molecular weight excluding hydrogens is 374 g/mol. The van der Waals surface area contributed by atoms with Gasteiger partial charge in [0.1, 0.15) is 0 Å². The second kappa shape index (κ2) is 9.43. The molecule has 5 fully saturated rings. The number of amides is 1. The van der Waals surface area contributed by atoms with Crippen LogP contribution in [0.5, 0.6) is 0 Å². The fourth-order valence-corrected chi connectivity index (χ4v) is 7.61. The molecule has 2 saturated carbocycles. The van der Waals surface area contributed by atoms with Gasteiger partial charge in [0.05, 0.1) is 0 Å². The average Bonchev–Trinajstić information content (AvgIpc) is 3.17.